The van der Waals surface area contributed by atoms with Crippen molar-refractivity contribution < 1.29 is 38.2 Å². The highest BCUT2D eigenvalue weighted by atomic mass is 16.6. The summed E-state index contributed by atoms with van der Waals surface area (Å²) < 4.78 is 26.6. The number of esters is 1. The zero-order valence-corrected chi connectivity index (χ0v) is 22.7. The van der Waals surface area contributed by atoms with Crippen molar-refractivity contribution in [3.8, 4) is 22.6 Å². The van der Waals surface area contributed by atoms with Gasteiger partial charge in [0.05, 0.1) is 44.0 Å². The number of nitro groups is 1. The third-order valence-electron chi connectivity index (χ3n) is 6.59. The molecule has 0 saturated heterocycles. The summed E-state index contributed by atoms with van der Waals surface area (Å²) in [6.45, 7) is 2.89. The molecule has 0 heterocycles. The lowest BCUT2D eigenvalue weighted by Crippen LogP contribution is -2.45. The number of benzene rings is 3. The van der Waals surface area contributed by atoms with Crippen LogP contribution in [0.5, 0.6) is 11.5 Å². The Morgan fingerprint density at radius 2 is 1.61 bits per heavy atom. The maximum absolute atomic E-state index is 12.8. The normalized spacial score (nSPS) is 12.4. The zero-order chi connectivity index (χ0) is 29.4. The topological polar surface area (TPSA) is 135 Å². The summed E-state index contributed by atoms with van der Waals surface area (Å²) in [6.07, 6.45) is 0.545. The first-order chi connectivity index (χ1) is 19.9. The maximum Gasteiger partial charge on any atom is 0.407 e. The molecule has 0 spiro atoms. The zero-order valence-electron chi connectivity index (χ0n) is 22.7. The second kappa shape index (κ2) is 13.4. The number of ether oxygens (including phenoxy) is 5. The van der Waals surface area contributed by atoms with Crippen molar-refractivity contribution in [1.29, 1.82) is 0 Å². The van der Waals surface area contributed by atoms with E-state index in [0.717, 1.165) is 22.3 Å². The molecule has 0 aliphatic heterocycles. The van der Waals surface area contributed by atoms with Gasteiger partial charge in [-0.1, -0.05) is 61.2 Å². The molecule has 0 radical (unpaired) electrons. The summed E-state index contributed by atoms with van der Waals surface area (Å²) in [6, 6.07) is 17.2. The van der Waals surface area contributed by atoms with Gasteiger partial charge in [0.25, 0.3) is 5.69 Å². The molecule has 0 bridgehead atoms. The molecule has 0 saturated carbocycles. The van der Waals surface area contributed by atoms with E-state index in [1.54, 1.807) is 0 Å². The lowest BCUT2D eigenvalue weighted by Gasteiger charge is -2.19. The van der Waals surface area contributed by atoms with Crippen LogP contribution < -0.4 is 14.8 Å². The maximum atomic E-state index is 12.8. The van der Waals surface area contributed by atoms with Crippen LogP contribution in [0.1, 0.15) is 22.6 Å². The fourth-order valence-corrected chi connectivity index (χ4v) is 4.68. The molecule has 0 aromatic heterocycles. The van der Waals surface area contributed by atoms with Crippen molar-refractivity contribution in [3.63, 3.8) is 0 Å². The van der Waals surface area contributed by atoms with Crippen LogP contribution in [-0.2, 0) is 25.6 Å². The van der Waals surface area contributed by atoms with E-state index in [-0.39, 0.29) is 55.1 Å². The number of amides is 1. The standard InChI is InChI=1S/C30H30N2O9/c1-4-13-40-29(33)25(18-39-16-19-14-27(37-2)28(38-3)15-26(19)32(35)36)31-30(34)41-17-24-22-11-7-5-9-20(22)21-10-6-8-12-23(21)24/h4-12,14-15,24-25H,1,13,16-18H2,2-3H3,(H,31,34)/t25-/m1/s1. The summed E-state index contributed by atoms with van der Waals surface area (Å²) in [7, 11) is 2.77. The molecule has 1 aliphatic rings. The second-order valence-corrected chi connectivity index (χ2v) is 9.05. The molecule has 1 N–H and O–H groups in total. The number of methoxy groups -OCH3 is 2. The monoisotopic (exact) mass is 562 g/mol. The van der Waals surface area contributed by atoms with Gasteiger partial charge in [0.1, 0.15) is 13.2 Å². The average Bonchev–Trinajstić information content (AvgIpc) is 3.31. The molecule has 1 aliphatic carbocycles. The number of alkyl carbamates (subject to hydrolysis) is 1. The predicted octanol–water partition coefficient (Wildman–Crippen LogP) is 4.77. The van der Waals surface area contributed by atoms with E-state index in [1.165, 1.54) is 32.4 Å². The van der Waals surface area contributed by atoms with E-state index in [9.17, 15) is 19.7 Å². The van der Waals surface area contributed by atoms with Gasteiger partial charge in [0.2, 0.25) is 0 Å². The van der Waals surface area contributed by atoms with Gasteiger partial charge in [0, 0.05) is 5.92 Å². The number of rotatable bonds is 13. The van der Waals surface area contributed by atoms with Crippen LogP contribution in [0.4, 0.5) is 10.5 Å². The van der Waals surface area contributed by atoms with E-state index < -0.39 is 23.0 Å². The summed E-state index contributed by atoms with van der Waals surface area (Å²) in [5.74, 6) is -0.484. The van der Waals surface area contributed by atoms with Crippen LogP contribution in [0.2, 0.25) is 0 Å². The van der Waals surface area contributed by atoms with Gasteiger partial charge in [-0.15, -0.1) is 0 Å². The van der Waals surface area contributed by atoms with E-state index in [1.807, 2.05) is 48.5 Å². The Hall–Kier alpha value is -4.90. The smallest absolute Gasteiger partial charge is 0.407 e. The minimum absolute atomic E-state index is 0.0486. The minimum atomic E-state index is -1.25. The van der Waals surface area contributed by atoms with E-state index in [2.05, 4.69) is 11.9 Å². The third-order valence-corrected chi connectivity index (χ3v) is 6.59. The molecule has 11 nitrogen and oxygen atoms in total. The Balaban J connectivity index is 1.42. The fourth-order valence-electron chi connectivity index (χ4n) is 4.68. The molecule has 1 atom stereocenters. The number of nitrogens with zero attached hydrogens (tertiary/aromatic N) is 1. The summed E-state index contributed by atoms with van der Waals surface area (Å²) >= 11 is 0. The van der Waals surface area contributed by atoms with Gasteiger partial charge in [-0.2, -0.15) is 0 Å². The van der Waals surface area contributed by atoms with Crippen molar-refractivity contribution in [2.24, 2.45) is 0 Å². The molecule has 3 aromatic carbocycles. The number of carbonyl (C=O) groups is 2. The summed E-state index contributed by atoms with van der Waals surface area (Å²) in [5, 5.41) is 14.1. The lowest BCUT2D eigenvalue weighted by atomic mass is 9.98. The van der Waals surface area contributed by atoms with Crippen LogP contribution in [0, 0.1) is 10.1 Å². The molecular weight excluding hydrogens is 532 g/mol. The van der Waals surface area contributed by atoms with Crippen molar-refractivity contribution in [1.82, 2.24) is 5.32 Å². The van der Waals surface area contributed by atoms with Crippen molar-refractivity contribution >= 4 is 17.7 Å². The first-order valence-corrected chi connectivity index (χ1v) is 12.7. The second-order valence-electron chi connectivity index (χ2n) is 9.05. The Kier molecular flexibility index (Phi) is 9.54. The molecule has 3 aromatic rings. The number of nitrogens with one attached hydrogen (secondary N) is 1. The van der Waals surface area contributed by atoms with Crippen LogP contribution in [0.15, 0.2) is 73.3 Å². The Labute approximate surface area is 236 Å². The number of fused-ring (bicyclic) bond motifs is 3. The molecule has 41 heavy (non-hydrogen) atoms. The molecular formula is C30H30N2O9. The predicted molar refractivity (Wildman–Crippen MR) is 149 cm³/mol. The van der Waals surface area contributed by atoms with E-state index in [4.69, 9.17) is 23.7 Å². The van der Waals surface area contributed by atoms with Crippen molar-refractivity contribution in [3.05, 3.63) is 100 Å². The SMILES string of the molecule is C=CCOC(=O)[C@@H](COCc1cc(OC)c(OC)cc1[N+](=O)[O-])NC(=O)OCC1c2ccccc2-c2ccccc21. The highest BCUT2D eigenvalue weighted by Crippen LogP contribution is 2.44. The Bertz CT molecular complexity index is 1390. The summed E-state index contributed by atoms with van der Waals surface area (Å²) in [5.41, 5.74) is 4.19. The largest absolute Gasteiger partial charge is 0.493 e. The van der Waals surface area contributed by atoms with Gasteiger partial charge in [-0.3, -0.25) is 10.1 Å². The molecule has 0 unspecified atom stereocenters. The Morgan fingerprint density at radius 3 is 2.20 bits per heavy atom. The van der Waals surface area contributed by atoms with Crippen LogP contribution in [0.25, 0.3) is 11.1 Å². The van der Waals surface area contributed by atoms with Crippen molar-refractivity contribution in [2.75, 3.05) is 34.0 Å². The van der Waals surface area contributed by atoms with Crippen LogP contribution in [-0.4, -0.2) is 57.1 Å². The first kappa shape index (κ1) is 29.1. The first-order valence-electron chi connectivity index (χ1n) is 12.7. The molecule has 11 heteroatoms. The van der Waals surface area contributed by atoms with Gasteiger partial charge in [0.15, 0.2) is 17.5 Å². The summed E-state index contributed by atoms with van der Waals surface area (Å²) in [4.78, 5) is 36.5. The lowest BCUT2D eigenvalue weighted by molar-refractivity contribution is -0.386. The highest BCUT2D eigenvalue weighted by Gasteiger charge is 2.30. The third kappa shape index (κ3) is 6.64. The average molecular weight is 563 g/mol. The van der Waals surface area contributed by atoms with Gasteiger partial charge in [-0.05, 0) is 28.3 Å². The van der Waals surface area contributed by atoms with E-state index >= 15 is 0 Å². The molecule has 1 amide bonds. The molecule has 4 rings (SSSR count). The number of nitro benzene ring substituents is 1. The van der Waals surface area contributed by atoms with Crippen molar-refractivity contribution in [2.45, 2.75) is 18.6 Å². The van der Waals surface area contributed by atoms with Crippen LogP contribution >= 0.6 is 0 Å². The quantitative estimate of drug-likeness (QED) is 0.135. The highest BCUT2D eigenvalue weighted by molar-refractivity contribution is 5.82. The fraction of sp³-hybridized carbons (Fsp3) is 0.267. The molecule has 0 fully saturated rings. The van der Waals surface area contributed by atoms with Gasteiger partial charge < -0.3 is 29.0 Å². The molecule has 214 valence electrons. The number of hydrogen-bond acceptors (Lipinski definition) is 9. The van der Waals surface area contributed by atoms with E-state index in [0.29, 0.717) is 0 Å². The van der Waals surface area contributed by atoms with Gasteiger partial charge >= 0.3 is 12.1 Å². The Morgan fingerprint density at radius 1 is 1.00 bits per heavy atom. The minimum Gasteiger partial charge on any atom is -0.493 e. The van der Waals surface area contributed by atoms with Crippen LogP contribution in [0.3, 0.4) is 0 Å². The number of hydrogen-bond donors (Lipinski definition) is 1. The van der Waals surface area contributed by atoms with Gasteiger partial charge in [-0.25, -0.2) is 9.59 Å². The number of carbonyl (C=O) groups excluding carboxylic acids is 2.